The highest BCUT2D eigenvalue weighted by atomic mass is 35.5. The molecule has 2 rings (SSSR count). The molecule has 0 bridgehead atoms. The molecule has 2 nitrogen and oxygen atoms in total. The second-order valence-corrected chi connectivity index (χ2v) is 5.75. The summed E-state index contributed by atoms with van der Waals surface area (Å²) in [7, 11) is 0. The van der Waals surface area contributed by atoms with E-state index in [1.165, 1.54) is 12.1 Å². The van der Waals surface area contributed by atoms with E-state index in [-0.39, 0.29) is 5.82 Å². The number of nitrogens with zero attached hydrogens (tertiary/aromatic N) is 1. The molecule has 0 aromatic heterocycles. The molecule has 0 saturated carbocycles. The lowest BCUT2D eigenvalue weighted by Gasteiger charge is -2.30. The van der Waals surface area contributed by atoms with Gasteiger partial charge in [0.2, 0.25) is 0 Å². The van der Waals surface area contributed by atoms with Crippen molar-refractivity contribution in [2.75, 3.05) is 24.5 Å². The predicted molar refractivity (Wildman–Crippen MR) is 79.5 cm³/mol. The Bertz CT molecular complexity index is 425. The molecule has 1 aromatic carbocycles. The van der Waals surface area contributed by atoms with Gasteiger partial charge in [0.25, 0.3) is 0 Å². The molecule has 2 unspecified atom stereocenters. The van der Waals surface area contributed by atoms with Crippen LogP contribution in [0.4, 0.5) is 10.1 Å². The molecule has 0 amide bonds. The normalized spacial score (nSPS) is 22.1. The Morgan fingerprint density at radius 3 is 3.00 bits per heavy atom. The van der Waals surface area contributed by atoms with Crippen molar-refractivity contribution in [3.05, 3.63) is 29.0 Å². The molecule has 1 N–H and O–H groups in total. The van der Waals surface area contributed by atoms with Gasteiger partial charge >= 0.3 is 0 Å². The van der Waals surface area contributed by atoms with Crippen molar-refractivity contribution in [2.45, 2.75) is 32.7 Å². The van der Waals surface area contributed by atoms with Crippen LogP contribution in [0, 0.1) is 11.7 Å². The number of rotatable bonds is 3. The van der Waals surface area contributed by atoms with Gasteiger partial charge in [0.1, 0.15) is 5.82 Å². The van der Waals surface area contributed by atoms with Gasteiger partial charge in [-0.25, -0.2) is 4.39 Å². The average Bonchev–Trinajstić information content (AvgIpc) is 2.63. The summed E-state index contributed by atoms with van der Waals surface area (Å²) in [6, 6.07) is 5.13. The summed E-state index contributed by atoms with van der Waals surface area (Å²) in [5, 5.41) is 4.11. The summed E-state index contributed by atoms with van der Waals surface area (Å²) in [5.74, 6) is 0.347. The standard InChI is InChI=1S/C15H22ClFN2/c1-3-11(2)14-10-19(8-4-7-18-14)15-6-5-12(17)9-13(15)16/h5-6,9,11,14,18H,3-4,7-8,10H2,1-2H3. The summed E-state index contributed by atoms with van der Waals surface area (Å²) in [6.07, 6.45) is 2.24. The molecule has 0 radical (unpaired) electrons. The number of hydrogen-bond donors (Lipinski definition) is 1. The van der Waals surface area contributed by atoms with E-state index in [1.807, 2.05) is 0 Å². The van der Waals surface area contributed by atoms with Gasteiger partial charge in [0.15, 0.2) is 0 Å². The van der Waals surface area contributed by atoms with Crippen molar-refractivity contribution in [2.24, 2.45) is 5.92 Å². The van der Waals surface area contributed by atoms with Gasteiger partial charge in [-0.15, -0.1) is 0 Å². The van der Waals surface area contributed by atoms with Gasteiger partial charge in [-0.1, -0.05) is 31.9 Å². The van der Waals surface area contributed by atoms with Gasteiger partial charge < -0.3 is 10.2 Å². The zero-order valence-corrected chi connectivity index (χ0v) is 12.4. The highest BCUT2D eigenvalue weighted by molar-refractivity contribution is 6.33. The minimum Gasteiger partial charge on any atom is -0.369 e. The Hall–Kier alpha value is -0.800. The molecule has 1 aliphatic rings. The first-order valence-corrected chi connectivity index (χ1v) is 7.43. The van der Waals surface area contributed by atoms with Crippen molar-refractivity contribution < 1.29 is 4.39 Å². The van der Waals surface area contributed by atoms with Gasteiger partial charge in [-0.05, 0) is 37.1 Å². The molecule has 1 saturated heterocycles. The lowest BCUT2D eigenvalue weighted by atomic mass is 9.99. The zero-order chi connectivity index (χ0) is 13.8. The van der Waals surface area contributed by atoms with Crippen molar-refractivity contribution in [3.63, 3.8) is 0 Å². The molecule has 1 aliphatic heterocycles. The largest absolute Gasteiger partial charge is 0.369 e. The number of anilines is 1. The van der Waals surface area contributed by atoms with E-state index in [0.717, 1.165) is 38.2 Å². The van der Waals surface area contributed by atoms with E-state index in [2.05, 4.69) is 24.1 Å². The van der Waals surface area contributed by atoms with Crippen LogP contribution in [0.1, 0.15) is 26.7 Å². The maximum Gasteiger partial charge on any atom is 0.124 e. The first-order chi connectivity index (χ1) is 9.11. The molecule has 106 valence electrons. The molecule has 1 fully saturated rings. The topological polar surface area (TPSA) is 15.3 Å². The highest BCUT2D eigenvalue weighted by Crippen LogP contribution is 2.28. The SMILES string of the molecule is CCC(C)C1CN(c2ccc(F)cc2Cl)CCCN1. The van der Waals surface area contributed by atoms with Crippen LogP contribution < -0.4 is 10.2 Å². The predicted octanol–water partition coefficient (Wildman–Crippen LogP) is 3.69. The van der Waals surface area contributed by atoms with E-state index in [4.69, 9.17) is 11.6 Å². The Morgan fingerprint density at radius 1 is 1.53 bits per heavy atom. The lowest BCUT2D eigenvalue weighted by molar-refractivity contribution is 0.384. The van der Waals surface area contributed by atoms with Crippen LogP contribution in [0.25, 0.3) is 0 Å². The lowest BCUT2D eigenvalue weighted by Crippen LogP contribution is -2.42. The first kappa shape index (κ1) is 14.6. The monoisotopic (exact) mass is 284 g/mol. The number of benzene rings is 1. The summed E-state index contributed by atoms with van der Waals surface area (Å²) in [5.41, 5.74) is 0.945. The molecular weight excluding hydrogens is 263 g/mol. The maximum atomic E-state index is 13.1. The van der Waals surface area contributed by atoms with Crippen LogP contribution in [0.15, 0.2) is 18.2 Å². The van der Waals surface area contributed by atoms with Crippen LogP contribution in [-0.4, -0.2) is 25.7 Å². The van der Waals surface area contributed by atoms with E-state index in [0.29, 0.717) is 17.0 Å². The fraction of sp³-hybridized carbons (Fsp3) is 0.600. The molecular formula is C15H22ClFN2. The summed E-state index contributed by atoms with van der Waals surface area (Å²) in [6.45, 7) is 7.41. The van der Waals surface area contributed by atoms with Crippen LogP contribution in [-0.2, 0) is 0 Å². The molecule has 1 aromatic rings. The number of halogens is 2. The third kappa shape index (κ3) is 3.61. The van der Waals surface area contributed by atoms with Crippen LogP contribution in [0.5, 0.6) is 0 Å². The smallest absolute Gasteiger partial charge is 0.124 e. The second kappa shape index (κ2) is 6.58. The molecule has 2 atom stereocenters. The zero-order valence-electron chi connectivity index (χ0n) is 11.6. The molecule has 4 heteroatoms. The summed E-state index contributed by atoms with van der Waals surface area (Å²) in [4.78, 5) is 2.28. The third-order valence-corrected chi connectivity index (χ3v) is 4.31. The minimum atomic E-state index is -0.278. The maximum absolute atomic E-state index is 13.1. The van der Waals surface area contributed by atoms with Crippen LogP contribution >= 0.6 is 11.6 Å². The van der Waals surface area contributed by atoms with E-state index in [9.17, 15) is 4.39 Å². The average molecular weight is 285 g/mol. The van der Waals surface area contributed by atoms with Crippen LogP contribution in [0.3, 0.4) is 0 Å². The van der Waals surface area contributed by atoms with E-state index < -0.39 is 0 Å². The van der Waals surface area contributed by atoms with Crippen molar-refractivity contribution in [3.8, 4) is 0 Å². The van der Waals surface area contributed by atoms with Crippen molar-refractivity contribution in [1.29, 1.82) is 0 Å². The Balaban J connectivity index is 2.17. The van der Waals surface area contributed by atoms with Gasteiger partial charge in [-0.2, -0.15) is 0 Å². The molecule has 0 aliphatic carbocycles. The Kier molecular flexibility index (Phi) is 5.06. The van der Waals surface area contributed by atoms with Crippen molar-refractivity contribution in [1.82, 2.24) is 5.32 Å². The van der Waals surface area contributed by atoms with Gasteiger partial charge in [0, 0.05) is 19.1 Å². The fourth-order valence-electron chi connectivity index (χ4n) is 2.57. The van der Waals surface area contributed by atoms with E-state index in [1.54, 1.807) is 6.07 Å². The summed E-state index contributed by atoms with van der Waals surface area (Å²) >= 11 is 6.18. The number of nitrogens with one attached hydrogen (secondary N) is 1. The third-order valence-electron chi connectivity index (χ3n) is 4.01. The minimum absolute atomic E-state index is 0.278. The van der Waals surface area contributed by atoms with Crippen molar-refractivity contribution >= 4 is 17.3 Å². The molecule has 0 spiro atoms. The summed E-state index contributed by atoms with van der Waals surface area (Å²) < 4.78 is 13.1. The fourth-order valence-corrected chi connectivity index (χ4v) is 2.86. The quantitative estimate of drug-likeness (QED) is 0.911. The van der Waals surface area contributed by atoms with E-state index >= 15 is 0 Å². The molecule has 1 heterocycles. The Morgan fingerprint density at radius 2 is 2.32 bits per heavy atom. The molecule has 19 heavy (non-hydrogen) atoms. The Labute approximate surface area is 119 Å². The van der Waals surface area contributed by atoms with Crippen LogP contribution in [0.2, 0.25) is 5.02 Å². The number of hydrogen-bond acceptors (Lipinski definition) is 2. The van der Waals surface area contributed by atoms with Gasteiger partial charge in [-0.3, -0.25) is 0 Å². The highest BCUT2D eigenvalue weighted by Gasteiger charge is 2.23. The second-order valence-electron chi connectivity index (χ2n) is 5.34. The van der Waals surface area contributed by atoms with Gasteiger partial charge in [0.05, 0.1) is 10.7 Å². The first-order valence-electron chi connectivity index (χ1n) is 7.05.